The summed E-state index contributed by atoms with van der Waals surface area (Å²) in [4.78, 5) is 9.40. The average molecular weight is 260 g/mol. The van der Waals surface area contributed by atoms with E-state index in [1.54, 1.807) is 0 Å². The first-order chi connectivity index (χ1) is 9.27. The van der Waals surface area contributed by atoms with E-state index in [2.05, 4.69) is 24.8 Å². The Bertz CT molecular complexity index is 404. The van der Waals surface area contributed by atoms with Crippen LogP contribution in [-0.2, 0) is 11.3 Å². The van der Waals surface area contributed by atoms with E-state index in [4.69, 9.17) is 11.3 Å². The number of unbranched alkanes of at least 4 members (excludes halogenated alkanes) is 5. The van der Waals surface area contributed by atoms with Gasteiger partial charge >= 0.3 is 0 Å². The summed E-state index contributed by atoms with van der Waals surface area (Å²) in [6.45, 7) is 4.34. The first-order valence-corrected chi connectivity index (χ1v) is 7.16. The molecule has 1 aromatic rings. The van der Waals surface area contributed by atoms with Gasteiger partial charge in [-0.2, -0.15) is 0 Å². The lowest BCUT2D eigenvalue weighted by Gasteiger charge is -2.07. The van der Waals surface area contributed by atoms with Gasteiger partial charge in [-0.3, -0.25) is 4.89 Å². The number of terminal acetylenes is 1. The second-order valence-corrected chi connectivity index (χ2v) is 4.89. The topological polar surface area (TPSA) is 18.5 Å². The highest BCUT2D eigenvalue weighted by Gasteiger charge is 2.02. The molecule has 19 heavy (non-hydrogen) atoms. The van der Waals surface area contributed by atoms with E-state index in [1.807, 2.05) is 18.2 Å². The van der Waals surface area contributed by atoms with Crippen LogP contribution in [0.15, 0.2) is 18.2 Å². The maximum Gasteiger partial charge on any atom is 0.179 e. The van der Waals surface area contributed by atoms with E-state index >= 15 is 0 Å². The van der Waals surface area contributed by atoms with Crippen molar-refractivity contribution >= 4 is 0 Å². The summed E-state index contributed by atoms with van der Waals surface area (Å²) in [5.74, 6) is 0.655. The Labute approximate surface area is 117 Å². The third-order valence-electron chi connectivity index (χ3n) is 3.30. The quantitative estimate of drug-likeness (QED) is 0.275. The van der Waals surface area contributed by atoms with Crippen molar-refractivity contribution in [3.8, 4) is 18.3 Å². The molecule has 0 radical (unpaired) electrons. The Morgan fingerprint density at radius 2 is 1.84 bits per heavy atom. The summed E-state index contributed by atoms with van der Waals surface area (Å²) < 4.78 is 0. The van der Waals surface area contributed by atoms with Gasteiger partial charge in [0.15, 0.2) is 11.9 Å². The van der Waals surface area contributed by atoms with Crippen molar-refractivity contribution in [3.05, 3.63) is 29.3 Å². The van der Waals surface area contributed by atoms with Gasteiger partial charge in [0.25, 0.3) is 0 Å². The van der Waals surface area contributed by atoms with Gasteiger partial charge in [-0.25, -0.2) is 4.89 Å². The molecular formula is C17H24O2. The Hall–Kier alpha value is -1.62. The van der Waals surface area contributed by atoms with Crippen molar-refractivity contribution in [1.82, 2.24) is 0 Å². The lowest BCUT2D eigenvalue weighted by atomic mass is 10.0. The molecule has 0 amide bonds. The van der Waals surface area contributed by atoms with Gasteiger partial charge in [0.1, 0.15) is 0 Å². The molecule has 0 bridgehead atoms. The summed E-state index contributed by atoms with van der Waals surface area (Å²) >= 11 is 0. The largest absolute Gasteiger partial charge is 0.281 e. The van der Waals surface area contributed by atoms with Gasteiger partial charge in [-0.05, 0) is 43.0 Å². The van der Waals surface area contributed by atoms with E-state index < -0.39 is 0 Å². The van der Waals surface area contributed by atoms with Crippen LogP contribution >= 0.6 is 0 Å². The zero-order chi connectivity index (χ0) is 13.9. The van der Waals surface area contributed by atoms with Gasteiger partial charge in [0, 0.05) is 0 Å². The molecule has 0 N–H and O–H groups in total. The predicted octanol–water partition coefficient (Wildman–Crippen LogP) is 4.80. The standard InChI is InChI=1S/C17H24O2/c1-4-6-7-8-9-10-11-16-12-13-17(14-15(16)3)19-18-5-2/h2,12-14H,4,6-11H2,1,3H3. The Morgan fingerprint density at radius 1 is 1.11 bits per heavy atom. The fraction of sp³-hybridized carbons (Fsp3) is 0.529. The fourth-order valence-corrected chi connectivity index (χ4v) is 2.17. The normalized spacial score (nSPS) is 9.95. The van der Waals surface area contributed by atoms with Crippen LogP contribution in [0.25, 0.3) is 0 Å². The molecule has 2 nitrogen and oxygen atoms in total. The van der Waals surface area contributed by atoms with Gasteiger partial charge in [-0.1, -0.05) is 51.5 Å². The molecule has 0 spiro atoms. The lowest BCUT2D eigenvalue weighted by molar-refractivity contribution is -0.133. The molecule has 0 atom stereocenters. The third kappa shape index (κ3) is 6.20. The second kappa shape index (κ2) is 9.33. The van der Waals surface area contributed by atoms with E-state index in [-0.39, 0.29) is 0 Å². The third-order valence-corrected chi connectivity index (χ3v) is 3.30. The summed E-state index contributed by atoms with van der Waals surface area (Å²) in [6.07, 6.45) is 16.0. The van der Waals surface area contributed by atoms with Crippen LogP contribution in [-0.4, -0.2) is 0 Å². The van der Waals surface area contributed by atoms with Crippen LogP contribution < -0.4 is 4.89 Å². The average Bonchev–Trinajstić information content (AvgIpc) is 2.42. The molecule has 1 rings (SSSR count). The van der Waals surface area contributed by atoms with Crippen molar-refractivity contribution in [2.24, 2.45) is 0 Å². The molecule has 0 aliphatic rings. The highest BCUT2D eigenvalue weighted by atomic mass is 17.2. The summed E-state index contributed by atoms with van der Waals surface area (Å²) in [5, 5.41) is 0. The van der Waals surface area contributed by atoms with E-state index in [0.29, 0.717) is 5.75 Å². The SMILES string of the molecule is C#COOc1ccc(CCCCCCCC)c(C)c1. The monoisotopic (exact) mass is 260 g/mol. The predicted molar refractivity (Wildman–Crippen MR) is 78.8 cm³/mol. The highest BCUT2D eigenvalue weighted by Crippen LogP contribution is 2.19. The van der Waals surface area contributed by atoms with Crippen LogP contribution in [0.4, 0.5) is 0 Å². The van der Waals surface area contributed by atoms with Crippen LogP contribution in [0, 0.1) is 19.5 Å². The van der Waals surface area contributed by atoms with E-state index in [0.717, 1.165) is 6.42 Å². The number of benzene rings is 1. The first kappa shape index (κ1) is 15.4. The van der Waals surface area contributed by atoms with Gasteiger partial charge in [-0.15, -0.1) is 0 Å². The second-order valence-electron chi connectivity index (χ2n) is 4.89. The van der Waals surface area contributed by atoms with Crippen molar-refractivity contribution in [2.75, 3.05) is 0 Å². The van der Waals surface area contributed by atoms with Crippen LogP contribution in [0.5, 0.6) is 5.75 Å². The van der Waals surface area contributed by atoms with Crippen molar-refractivity contribution in [3.63, 3.8) is 0 Å². The van der Waals surface area contributed by atoms with Crippen LogP contribution in [0.2, 0.25) is 0 Å². The minimum absolute atomic E-state index is 0.655. The summed E-state index contributed by atoms with van der Waals surface area (Å²) in [7, 11) is 0. The summed E-state index contributed by atoms with van der Waals surface area (Å²) in [6, 6.07) is 5.96. The Balaban J connectivity index is 2.32. The molecule has 0 aliphatic carbocycles. The number of hydrogen-bond acceptors (Lipinski definition) is 2. The summed E-state index contributed by atoms with van der Waals surface area (Å²) in [5.41, 5.74) is 2.61. The first-order valence-electron chi connectivity index (χ1n) is 7.16. The molecule has 2 heteroatoms. The molecule has 0 unspecified atom stereocenters. The smallest absolute Gasteiger partial charge is 0.179 e. The molecule has 0 saturated heterocycles. The maximum atomic E-state index is 4.96. The van der Waals surface area contributed by atoms with E-state index in [9.17, 15) is 0 Å². The Morgan fingerprint density at radius 3 is 2.53 bits per heavy atom. The fourth-order valence-electron chi connectivity index (χ4n) is 2.17. The Kier molecular flexibility index (Phi) is 7.58. The number of rotatable bonds is 9. The molecule has 1 aromatic carbocycles. The zero-order valence-corrected chi connectivity index (χ0v) is 12.1. The van der Waals surface area contributed by atoms with Crippen LogP contribution in [0.1, 0.15) is 56.6 Å². The number of hydrogen-bond donors (Lipinski definition) is 0. The molecule has 0 fully saturated rings. The van der Waals surface area contributed by atoms with Crippen LogP contribution in [0.3, 0.4) is 0 Å². The van der Waals surface area contributed by atoms with Gasteiger partial charge in [0.2, 0.25) is 0 Å². The molecule has 0 aromatic heterocycles. The molecule has 0 heterocycles. The van der Waals surface area contributed by atoms with E-state index in [1.165, 1.54) is 49.7 Å². The van der Waals surface area contributed by atoms with Gasteiger partial charge in [0.05, 0.1) is 0 Å². The van der Waals surface area contributed by atoms with Gasteiger partial charge < -0.3 is 0 Å². The highest BCUT2D eigenvalue weighted by molar-refractivity contribution is 5.34. The number of aryl methyl sites for hydroxylation is 2. The van der Waals surface area contributed by atoms with Crippen molar-refractivity contribution in [2.45, 2.75) is 58.8 Å². The van der Waals surface area contributed by atoms with Crippen molar-refractivity contribution < 1.29 is 9.78 Å². The maximum absolute atomic E-state index is 4.96. The molecule has 0 saturated carbocycles. The van der Waals surface area contributed by atoms with Crippen molar-refractivity contribution in [1.29, 1.82) is 0 Å². The molecular weight excluding hydrogens is 236 g/mol. The minimum atomic E-state index is 0.655. The minimum Gasteiger partial charge on any atom is -0.281 e. The molecule has 104 valence electrons. The zero-order valence-electron chi connectivity index (χ0n) is 12.1. The lowest BCUT2D eigenvalue weighted by Crippen LogP contribution is -1.94. The molecule has 0 aliphatic heterocycles.